The molecule has 0 amide bonds. The molecule has 3 nitrogen and oxygen atoms in total. The van der Waals surface area contributed by atoms with Crippen molar-refractivity contribution in [2.75, 3.05) is 0 Å². The zero-order chi connectivity index (χ0) is 8.32. The molecular weight excluding hydrogens is 164 g/mol. The van der Waals surface area contributed by atoms with Gasteiger partial charge in [0.25, 0.3) is 10.1 Å². The van der Waals surface area contributed by atoms with E-state index in [1.54, 1.807) is 18.2 Å². The monoisotopic (exact) mass is 171 g/mol. The summed E-state index contributed by atoms with van der Waals surface area (Å²) in [5, 5.41) is 0.834. The van der Waals surface area contributed by atoms with Gasteiger partial charge in [-0.3, -0.25) is 4.55 Å². The van der Waals surface area contributed by atoms with Crippen molar-refractivity contribution in [1.82, 2.24) is 0 Å². The average Bonchev–Trinajstić information content (AvgIpc) is 1.85. The van der Waals surface area contributed by atoms with Crippen LogP contribution in [0.25, 0.3) is 0 Å². The van der Waals surface area contributed by atoms with E-state index >= 15 is 0 Å². The maximum atomic E-state index is 10.3. The molecule has 0 aliphatic heterocycles. The molecule has 0 aromatic carbocycles. The third-order valence-electron chi connectivity index (χ3n) is 1.15. The predicted molar refractivity (Wildman–Crippen MR) is 41.2 cm³/mol. The molecule has 0 spiro atoms. The molecule has 11 heavy (non-hydrogen) atoms. The normalized spacial score (nSPS) is 21.0. The van der Waals surface area contributed by atoms with Gasteiger partial charge in [-0.05, 0) is 18.1 Å². The lowest BCUT2D eigenvalue weighted by molar-refractivity contribution is 0.494. The second-order valence-corrected chi connectivity index (χ2v) is 3.38. The molecule has 0 bridgehead atoms. The molecule has 0 aromatic rings. The Balaban J connectivity index is 2.85. The van der Waals surface area contributed by atoms with Crippen LogP contribution in [-0.2, 0) is 10.1 Å². The van der Waals surface area contributed by atoms with E-state index in [4.69, 9.17) is 4.55 Å². The van der Waals surface area contributed by atoms with Gasteiger partial charge < -0.3 is 0 Å². The van der Waals surface area contributed by atoms with E-state index in [1.807, 2.05) is 0 Å². The van der Waals surface area contributed by atoms with E-state index in [2.05, 4.69) is 6.08 Å². The van der Waals surface area contributed by atoms with Crippen molar-refractivity contribution in [1.29, 1.82) is 0 Å². The molecule has 1 rings (SSSR count). The molecule has 4 heteroatoms. The van der Waals surface area contributed by atoms with Crippen LogP contribution in [0.4, 0.5) is 0 Å². The highest BCUT2D eigenvalue weighted by atomic mass is 32.2. The fourth-order valence-electron chi connectivity index (χ4n) is 0.747. The first-order valence-electron chi connectivity index (χ1n) is 3.00. The molecular formula is C7H7O3S. The topological polar surface area (TPSA) is 54.4 Å². The van der Waals surface area contributed by atoms with Crippen molar-refractivity contribution in [3.8, 4) is 0 Å². The van der Waals surface area contributed by atoms with E-state index in [1.165, 1.54) is 0 Å². The van der Waals surface area contributed by atoms with Gasteiger partial charge in [-0.15, -0.1) is 0 Å². The van der Waals surface area contributed by atoms with Crippen LogP contribution < -0.4 is 0 Å². The SMILES string of the molecule is O=S(=O)(O)C=C1C=C[C]=CC1. The van der Waals surface area contributed by atoms with Crippen molar-refractivity contribution >= 4 is 10.1 Å². The lowest BCUT2D eigenvalue weighted by Crippen LogP contribution is -1.93. The summed E-state index contributed by atoms with van der Waals surface area (Å²) in [6.07, 6.45) is 8.15. The molecule has 1 N–H and O–H groups in total. The average molecular weight is 171 g/mol. The summed E-state index contributed by atoms with van der Waals surface area (Å²) in [7, 11) is -3.98. The zero-order valence-electron chi connectivity index (χ0n) is 5.69. The quantitative estimate of drug-likeness (QED) is 0.600. The van der Waals surface area contributed by atoms with Crippen LogP contribution in [0.3, 0.4) is 0 Å². The largest absolute Gasteiger partial charge is 0.287 e. The van der Waals surface area contributed by atoms with Crippen LogP contribution in [-0.4, -0.2) is 13.0 Å². The zero-order valence-corrected chi connectivity index (χ0v) is 6.50. The first kappa shape index (κ1) is 8.23. The molecule has 0 atom stereocenters. The van der Waals surface area contributed by atoms with Crippen molar-refractivity contribution in [2.45, 2.75) is 6.42 Å². The molecule has 1 aliphatic rings. The highest BCUT2D eigenvalue weighted by Gasteiger charge is 2.01. The van der Waals surface area contributed by atoms with Crippen molar-refractivity contribution in [2.24, 2.45) is 0 Å². The van der Waals surface area contributed by atoms with Crippen molar-refractivity contribution in [3.05, 3.63) is 35.3 Å². The van der Waals surface area contributed by atoms with Crippen LogP contribution in [0.2, 0.25) is 0 Å². The summed E-state index contributed by atoms with van der Waals surface area (Å²) in [5.74, 6) is 0. The third kappa shape index (κ3) is 3.15. The van der Waals surface area contributed by atoms with Gasteiger partial charge in [-0.2, -0.15) is 8.42 Å². The van der Waals surface area contributed by atoms with Gasteiger partial charge in [0.1, 0.15) is 0 Å². The van der Waals surface area contributed by atoms with Gasteiger partial charge in [-0.1, -0.05) is 18.2 Å². The number of rotatable bonds is 1. The van der Waals surface area contributed by atoms with Crippen LogP contribution in [0.5, 0.6) is 0 Å². The maximum absolute atomic E-state index is 10.3. The van der Waals surface area contributed by atoms with Gasteiger partial charge in [0.15, 0.2) is 0 Å². The van der Waals surface area contributed by atoms with Gasteiger partial charge in [-0.25, -0.2) is 0 Å². The minimum Gasteiger partial charge on any atom is -0.282 e. The second kappa shape index (κ2) is 3.02. The number of hydrogen-bond acceptors (Lipinski definition) is 2. The Bertz CT molecular complexity index is 320. The number of hydrogen-bond donors (Lipinski definition) is 1. The van der Waals surface area contributed by atoms with Crippen LogP contribution in [0.15, 0.2) is 29.2 Å². The molecule has 1 radical (unpaired) electrons. The Labute approximate surface area is 65.5 Å². The Hall–Kier alpha value is -0.870. The maximum Gasteiger partial charge on any atom is 0.287 e. The Morgan fingerprint density at radius 3 is 2.82 bits per heavy atom. The van der Waals surface area contributed by atoms with Gasteiger partial charge in [0, 0.05) is 0 Å². The van der Waals surface area contributed by atoms with E-state index < -0.39 is 10.1 Å². The smallest absolute Gasteiger partial charge is 0.282 e. The van der Waals surface area contributed by atoms with Crippen LogP contribution >= 0.6 is 0 Å². The molecule has 0 aromatic heterocycles. The second-order valence-electron chi connectivity index (χ2n) is 2.12. The van der Waals surface area contributed by atoms with E-state index in [9.17, 15) is 8.42 Å². The summed E-state index contributed by atoms with van der Waals surface area (Å²) in [6, 6.07) is 0. The predicted octanol–water partition coefficient (Wildman–Crippen LogP) is 1.08. The Morgan fingerprint density at radius 1 is 1.64 bits per heavy atom. The summed E-state index contributed by atoms with van der Waals surface area (Å²) in [5.41, 5.74) is 0.561. The third-order valence-corrected chi connectivity index (χ3v) is 1.75. The summed E-state index contributed by atoms with van der Waals surface area (Å²) >= 11 is 0. The minimum atomic E-state index is -3.98. The molecule has 0 saturated heterocycles. The molecule has 59 valence electrons. The fraction of sp³-hybridized carbons (Fsp3) is 0.143. The van der Waals surface area contributed by atoms with Gasteiger partial charge in [0.05, 0.1) is 5.41 Å². The van der Waals surface area contributed by atoms with Crippen molar-refractivity contribution in [3.63, 3.8) is 0 Å². The first-order chi connectivity index (χ1) is 5.08. The highest BCUT2D eigenvalue weighted by molar-refractivity contribution is 7.88. The van der Waals surface area contributed by atoms with E-state index in [0.717, 1.165) is 5.41 Å². The number of allylic oxidation sites excluding steroid dienone is 5. The van der Waals surface area contributed by atoms with Crippen molar-refractivity contribution < 1.29 is 13.0 Å². The van der Waals surface area contributed by atoms with Gasteiger partial charge >= 0.3 is 0 Å². The van der Waals surface area contributed by atoms with Crippen LogP contribution in [0.1, 0.15) is 6.42 Å². The summed E-state index contributed by atoms with van der Waals surface area (Å²) < 4.78 is 29.0. The minimum absolute atomic E-state index is 0.496. The van der Waals surface area contributed by atoms with E-state index in [-0.39, 0.29) is 0 Å². The molecule has 0 fully saturated rings. The standard InChI is InChI=1S/C7H7O3S/c8-11(9,10)6-7-4-2-1-3-5-7/h2-4,6H,5H2,(H,8,9,10). The highest BCUT2D eigenvalue weighted by Crippen LogP contribution is 2.10. The van der Waals surface area contributed by atoms with Gasteiger partial charge in [0.2, 0.25) is 0 Å². The van der Waals surface area contributed by atoms with Crippen LogP contribution in [0, 0.1) is 6.08 Å². The molecule has 0 unspecified atom stereocenters. The lowest BCUT2D eigenvalue weighted by atomic mass is 10.1. The molecule has 1 aliphatic carbocycles. The Kier molecular flexibility index (Phi) is 2.26. The molecule has 0 heterocycles. The summed E-state index contributed by atoms with van der Waals surface area (Å²) in [6.45, 7) is 0. The molecule has 0 saturated carbocycles. The first-order valence-corrected chi connectivity index (χ1v) is 4.50. The Morgan fingerprint density at radius 2 is 2.36 bits per heavy atom. The lowest BCUT2D eigenvalue weighted by Gasteiger charge is -1.98. The fourth-order valence-corrected chi connectivity index (χ4v) is 1.30. The van der Waals surface area contributed by atoms with E-state index in [0.29, 0.717) is 12.0 Å². The summed E-state index contributed by atoms with van der Waals surface area (Å²) in [4.78, 5) is 0.